The Morgan fingerprint density at radius 2 is 1.96 bits per heavy atom. The van der Waals surface area contributed by atoms with Crippen molar-refractivity contribution in [3.05, 3.63) is 81.0 Å². The maximum Gasteiger partial charge on any atom is 0.268 e. The molecule has 0 bridgehead atoms. The highest BCUT2D eigenvalue weighted by atomic mass is 35.5. The van der Waals surface area contributed by atoms with Crippen molar-refractivity contribution in [3.63, 3.8) is 0 Å². The van der Waals surface area contributed by atoms with Crippen LogP contribution in [0.4, 0.5) is 11.4 Å². The van der Waals surface area contributed by atoms with E-state index >= 15 is 0 Å². The number of nitrogens with one attached hydrogen (secondary N) is 1. The van der Waals surface area contributed by atoms with Crippen LogP contribution < -0.4 is 10.2 Å². The summed E-state index contributed by atoms with van der Waals surface area (Å²) in [5.74, 6) is -0.237. The van der Waals surface area contributed by atoms with E-state index in [2.05, 4.69) is 5.32 Å². The van der Waals surface area contributed by atoms with E-state index in [1.165, 1.54) is 11.3 Å². The fourth-order valence-corrected chi connectivity index (χ4v) is 3.90. The average Bonchev–Trinajstić information content (AvgIpc) is 3.31. The number of hydrogen-bond acceptors (Lipinski definition) is 3. The van der Waals surface area contributed by atoms with E-state index in [1.54, 1.807) is 29.2 Å². The van der Waals surface area contributed by atoms with Gasteiger partial charge in [-0.15, -0.1) is 11.3 Å². The van der Waals surface area contributed by atoms with Gasteiger partial charge in [0.1, 0.15) is 0 Å². The van der Waals surface area contributed by atoms with Gasteiger partial charge in [-0.25, -0.2) is 0 Å². The average molecular weight is 383 g/mol. The van der Waals surface area contributed by atoms with Crippen LogP contribution in [0.5, 0.6) is 0 Å². The summed E-state index contributed by atoms with van der Waals surface area (Å²) in [6.07, 6.45) is 0.814. The zero-order chi connectivity index (χ0) is 18.1. The number of carbonyl (C=O) groups excluding carboxylic acids is 2. The molecular formula is C20H15ClN2O2S. The van der Waals surface area contributed by atoms with Crippen molar-refractivity contribution in [1.82, 2.24) is 0 Å². The maximum atomic E-state index is 12.7. The lowest BCUT2D eigenvalue weighted by Gasteiger charge is -2.17. The molecule has 0 fully saturated rings. The third-order valence-electron chi connectivity index (χ3n) is 4.30. The van der Waals surface area contributed by atoms with Crippen LogP contribution in [0.15, 0.2) is 60.0 Å². The molecule has 0 atom stereocenters. The van der Waals surface area contributed by atoms with Crippen LogP contribution in [0.1, 0.15) is 25.6 Å². The molecular weight excluding hydrogens is 368 g/mol. The summed E-state index contributed by atoms with van der Waals surface area (Å²) in [6.45, 7) is 0.651. The van der Waals surface area contributed by atoms with Crippen LogP contribution in [0.25, 0.3) is 0 Å². The van der Waals surface area contributed by atoms with E-state index in [4.69, 9.17) is 11.6 Å². The fraction of sp³-hybridized carbons (Fsp3) is 0.100. The minimum atomic E-state index is -0.235. The molecule has 1 N–H and O–H groups in total. The molecule has 1 aromatic heterocycles. The lowest BCUT2D eigenvalue weighted by molar-refractivity contribution is 0.0991. The van der Waals surface area contributed by atoms with Crippen molar-refractivity contribution in [3.8, 4) is 0 Å². The molecule has 0 radical (unpaired) electrons. The molecule has 0 saturated heterocycles. The smallest absolute Gasteiger partial charge is 0.268 e. The molecule has 130 valence electrons. The van der Waals surface area contributed by atoms with Gasteiger partial charge in [-0.3, -0.25) is 9.59 Å². The quantitative estimate of drug-likeness (QED) is 0.703. The number of anilines is 2. The van der Waals surface area contributed by atoms with Crippen LogP contribution in [0.2, 0.25) is 5.02 Å². The number of nitrogens with zero attached hydrogens (tertiary/aromatic N) is 1. The van der Waals surface area contributed by atoms with Gasteiger partial charge in [-0.2, -0.15) is 0 Å². The van der Waals surface area contributed by atoms with Gasteiger partial charge in [0.15, 0.2) is 0 Å². The van der Waals surface area contributed by atoms with Gasteiger partial charge in [0.05, 0.1) is 4.88 Å². The molecule has 0 spiro atoms. The molecule has 0 saturated carbocycles. The largest absolute Gasteiger partial charge is 0.322 e. The predicted molar refractivity (Wildman–Crippen MR) is 106 cm³/mol. The first-order chi connectivity index (χ1) is 12.6. The number of amides is 2. The van der Waals surface area contributed by atoms with Crippen LogP contribution in [0.3, 0.4) is 0 Å². The van der Waals surface area contributed by atoms with E-state index in [0.717, 1.165) is 17.7 Å². The molecule has 26 heavy (non-hydrogen) atoms. The highest BCUT2D eigenvalue weighted by Crippen LogP contribution is 2.32. The van der Waals surface area contributed by atoms with Crippen LogP contribution in [0, 0.1) is 0 Å². The summed E-state index contributed by atoms with van der Waals surface area (Å²) in [6, 6.07) is 16.2. The zero-order valence-corrected chi connectivity index (χ0v) is 15.3. The van der Waals surface area contributed by atoms with Gasteiger partial charge in [0.2, 0.25) is 0 Å². The summed E-state index contributed by atoms with van der Waals surface area (Å²) >= 11 is 7.38. The standard InChI is InChI=1S/C20H15ClN2O2S/c21-15-4-1-3-14(11-15)19(24)22-16-7-6-13-8-9-23(17(13)12-16)20(25)18-5-2-10-26-18/h1-7,10-12H,8-9H2,(H,22,24). The normalized spacial score (nSPS) is 12.7. The van der Waals surface area contributed by atoms with E-state index < -0.39 is 0 Å². The Hall–Kier alpha value is -2.63. The first kappa shape index (κ1) is 16.8. The summed E-state index contributed by atoms with van der Waals surface area (Å²) in [7, 11) is 0. The Morgan fingerprint density at radius 1 is 1.08 bits per heavy atom. The number of rotatable bonds is 3. The Bertz CT molecular complexity index is 985. The Kier molecular flexibility index (Phi) is 4.49. The summed E-state index contributed by atoms with van der Waals surface area (Å²) < 4.78 is 0. The maximum absolute atomic E-state index is 12.7. The van der Waals surface area contributed by atoms with E-state index in [-0.39, 0.29) is 11.8 Å². The number of carbonyl (C=O) groups is 2. The molecule has 4 rings (SSSR count). The second-order valence-electron chi connectivity index (χ2n) is 5.99. The third-order valence-corrected chi connectivity index (χ3v) is 5.40. The SMILES string of the molecule is O=C(Nc1ccc2c(c1)N(C(=O)c1cccs1)CC2)c1cccc(Cl)c1. The van der Waals surface area contributed by atoms with Crippen molar-refractivity contribution >= 4 is 46.1 Å². The molecule has 2 heterocycles. The molecule has 3 aromatic rings. The van der Waals surface area contributed by atoms with E-state index in [9.17, 15) is 9.59 Å². The monoisotopic (exact) mass is 382 g/mol. The van der Waals surface area contributed by atoms with E-state index in [0.29, 0.717) is 27.7 Å². The number of hydrogen-bond donors (Lipinski definition) is 1. The van der Waals surface area contributed by atoms with Gasteiger partial charge >= 0.3 is 0 Å². The second-order valence-corrected chi connectivity index (χ2v) is 7.38. The minimum Gasteiger partial charge on any atom is -0.322 e. The van der Waals surface area contributed by atoms with Crippen LogP contribution in [-0.2, 0) is 6.42 Å². The predicted octanol–water partition coefficient (Wildman–Crippen LogP) is 4.86. The molecule has 1 aliphatic rings. The molecule has 0 unspecified atom stereocenters. The molecule has 4 nitrogen and oxygen atoms in total. The van der Waals surface area contributed by atoms with Crippen molar-refractivity contribution in [2.45, 2.75) is 6.42 Å². The van der Waals surface area contributed by atoms with Crippen LogP contribution in [-0.4, -0.2) is 18.4 Å². The lowest BCUT2D eigenvalue weighted by atomic mass is 10.1. The minimum absolute atomic E-state index is 0.00272. The van der Waals surface area contributed by atoms with Gasteiger partial charge < -0.3 is 10.2 Å². The topological polar surface area (TPSA) is 49.4 Å². The third kappa shape index (κ3) is 3.23. The molecule has 2 amide bonds. The van der Waals surface area contributed by atoms with Gasteiger partial charge in [0.25, 0.3) is 11.8 Å². The summed E-state index contributed by atoms with van der Waals surface area (Å²) in [4.78, 5) is 27.6. The highest BCUT2D eigenvalue weighted by molar-refractivity contribution is 7.12. The van der Waals surface area contributed by atoms with Crippen molar-refractivity contribution < 1.29 is 9.59 Å². The van der Waals surface area contributed by atoms with Gasteiger partial charge in [-0.05, 0) is 53.8 Å². The number of thiophene rings is 1. The van der Waals surface area contributed by atoms with Crippen molar-refractivity contribution in [2.75, 3.05) is 16.8 Å². The van der Waals surface area contributed by atoms with Crippen LogP contribution >= 0.6 is 22.9 Å². The fourth-order valence-electron chi connectivity index (χ4n) is 3.03. The molecule has 2 aromatic carbocycles. The second kappa shape index (κ2) is 6.94. The summed E-state index contributed by atoms with van der Waals surface area (Å²) in [5.41, 5.74) is 3.10. The Labute approximate surface area is 160 Å². The van der Waals surface area contributed by atoms with Gasteiger partial charge in [0, 0.05) is 28.5 Å². The highest BCUT2D eigenvalue weighted by Gasteiger charge is 2.26. The zero-order valence-electron chi connectivity index (χ0n) is 13.7. The molecule has 6 heteroatoms. The van der Waals surface area contributed by atoms with Crippen molar-refractivity contribution in [1.29, 1.82) is 0 Å². The van der Waals surface area contributed by atoms with Crippen molar-refractivity contribution in [2.24, 2.45) is 0 Å². The number of halogens is 1. The first-order valence-electron chi connectivity index (χ1n) is 8.17. The van der Waals surface area contributed by atoms with Gasteiger partial charge in [-0.1, -0.05) is 29.8 Å². The Morgan fingerprint density at radius 3 is 2.73 bits per heavy atom. The summed E-state index contributed by atoms with van der Waals surface area (Å²) in [5, 5.41) is 5.28. The number of fused-ring (bicyclic) bond motifs is 1. The number of benzene rings is 2. The lowest BCUT2D eigenvalue weighted by Crippen LogP contribution is -2.28. The molecule has 1 aliphatic heterocycles. The Balaban J connectivity index is 1.58. The van der Waals surface area contributed by atoms with E-state index in [1.807, 2.05) is 35.7 Å². The first-order valence-corrected chi connectivity index (χ1v) is 9.43. The molecule has 0 aliphatic carbocycles.